The molecule has 0 bridgehead atoms. The molecule has 2 fully saturated rings. The highest BCUT2D eigenvalue weighted by Crippen LogP contribution is 2.26. The van der Waals surface area contributed by atoms with Gasteiger partial charge in [-0.2, -0.15) is 0 Å². The van der Waals surface area contributed by atoms with Crippen LogP contribution in [0.1, 0.15) is 46.0 Å². The van der Waals surface area contributed by atoms with Crippen molar-refractivity contribution in [3.05, 3.63) is 24.3 Å². The lowest BCUT2D eigenvalue weighted by Gasteiger charge is -2.32. The molecule has 0 spiro atoms. The molecule has 0 radical (unpaired) electrons. The molecule has 1 aromatic rings. The Morgan fingerprint density at radius 2 is 2.00 bits per heavy atom. The lowest BCUT2D eigenvalue weighted by atomic mass is 10.1. The number of carbonyl (C=O) groups is 1. The molecular formula is C22H34N2O4. The summed E-state index contributed by atoms with van der Waals surface area (Å²) in [5.74, 6) is 1.23. The Morgan fingerprint density at radius 1 is 1.21 bits per heavy atom. The molecule has 6 nitrogen and oxygen atoms in total. The second kappa shape index (κ2) is 10.7. The van der Waals surface area contributed by atoms with Gasteiger partial charge in [0.05, 0.1) is 17.9 Å². The van der Waals surface area contributed by atoms with Crippen LogP contribution in [0.15, 0.2) is 24.3 Å². The average molecular weight is 391 g/mol. The van der Waals surface area contributed by atoms with Crippen molar-refractivity contribution in [3.63, 3.8) is 0 Å². The SMILES string of the molecule is CC(C)COC1CCN(C(=O)Nc2ccccc2OC[C@@H]2CCCCO2)CC1. The maximum Gasteiger partial charge on any atom is 0.321 e. The van der Waals surface area contributed by atoms with Crippen LogP contribution in [0.3, 0.4) is 0 Å². The van der Waals surface area contributed by atoms with E-state index in [1.54, 1.807) is 0 Å². The fraction of sp³-hybridized carbons (Fsp3) is 0.682. The van der Waals surface area contributed by atoms with Crippen molar-refractivity contribution in [2.45, 2.75) is 58.2 Å². The number of para-hydroxylation sites is 2. The lowest BCUT2D eigenvalue weighted by molar-refractivity contribution is -0.0109. The maximum absolute atomic E-state index is 12.7. The van der Waals surface area contributed by atoms with Crippen molar-refractivity contribution in [3.8, 4) is 5.75 Å². The van der Waals surface area contributed by atoms with E-state index >= 15 is 0 Å². The van der Waals surface area contributed by atoms with Crippen molar-refractivity contribution >= 4 is 11.7 Å². The van der Waals surface area contributed by atoms with E-state index in [1.807, 2.05) is 29.2 Å². The summed E-state index contributed by atoms with van der Waals surface area (Å²) in [6.45, 7) is 7.85. The number of carbonyl (C=O) groups excluding carboxylic acids is 1. The molecule has 6 heteroatoms. The van der Waals surface area contributed by atoms with Crippen LogP contribution in [0.25, 0.3) is 0 Å². The Morgan fingerprint density at radius 3 is 2.71 bits per heavy atom. The first-order chi connectivity index (χ1) is 13.6. The Hall–Kier alpha value is -1.79. The van der Waals surface area contributed by atoms with Gasteiger partial charge in [-0.1, -0.05) is 26.0 Å². The quantitative estimate of drug-likeness (QED) is 0.754. The molecule has 1 aromatic carbocycles. The van der Waals surface area contributed by atoms with Gasteiger partial charge in [0.15, 0.2) is 0 Å². The molecule has 2 aliphatic rings. The molecule has 28 heavy (non-hydrogen) atoms. The minimum atomic E-state index is -0.0766. The van der Waals surface area contributed by atoms with Crippen LogP contribution in [0.5, 0.6) is 5.75 Å². The molecule has 1 atom stereocenters. The molecule has 0 unspecified atom stereocenters. The molecular weight excluding hydrogens is 356 g/mol. The van der Waals surface area contributed by atoms with Gasteiger partial charge in [-0.3, -0.25) is 0 Å². The zero-order valence-corrected chi connectivity index (χ0v) is 17.2. The van der Waals surface area contributed by atoms with Crippen LogP contribution in [-0.2, 0) is 9.47 Å². The zero-order valence-electron chi connectivity index (χ0n) is 17.2. The molecule has 2 saturated heterocycles. The molecule has 2 heterocycles. The molecule has 3 rings (SSSR count). The normalized spacial score (nSPS) is 21.0. The van der Waals surface area contributed by atoms with E-state index in [0.717, 1.165) is 38.9 Å². The number of urea groups is 1. The van der Waals surface area contributed by atoms with E-state index in [-0.39, 0.29) is 18.2 Å². The fourth-order valence-corrected chi connectivity index (χ4v) is 3.57. The summed E-state index contributed by atoms with van der Waals surface area (Å²) in [6.07, 6.45) is 5.52. The Bertz CT molecular complexity index is 608. The molecule has 156 valence electrons. The third-order valence-corrected chi connectivity index (χ3v) is 5.22. The topological polar surface area (TPSA) is 60.0 Å². The van der Waals surface area contributed by atoms with Crippen LogP contribution < -0.4 is 10.1 Å². The first kappa shape index (κ1) is 20.9. The maximum atomic E-state index is 12.7. The first-order valence-corrected chi connectivity index (χ1v) is 10.6. The van der Waals surface area contributed by atoms with Crippen molar-refractivity contribution in [2.75, 3.05) is 38.2 Å². The standard InChI is InChI=1S/C22H34N2O4/c1-17(2)15-27-18-10-12-24(13-11-18)22(25)23-20-8-3-4-9-21(20)28-16-19-7-5-6-14-26-19/h3-4,8-9,17-19H,5-7,10-16H2,1-2H3,(H,23,25)/t19-/m0/s1. The van der Waals surface area contributed by atoms with Crippen molar-refractivity contribution in [2.24, 2.45) is 5.92 Å². The van der Waals surface area contributed by atoms with Gasteiger partial charge in [0.1, 0.15) is 12.4 Å². The summed E-state index contributed by atoms with van der Waals surface area (Å²) < 4.78 is 17.6. The highest BCUT2D eigenvalue weighted by Gasteiger charge is 2.24. The highest BCUT2D eigenvalue weighted by atomic mass is 16.5. The minimum Gasteiger partial charge on any atom is -0.489 e. The molecule has 0 aliphatic carbocycles. The summed E-state index contributed by atoms with van der Waals surface area (Å²) in [4.78, 5) is 14.5. The Balaban J connectivity index is 1.47. The second-order valence-corrected chi connectivity index (χ2v) is 8.14. The number of nitrogens with one attached hydrogen (secondary N) is 1. The van der Waals surface area contributed by atoms with Crippen LogP contribution >= 0.6 is 0 Å². The second-order valence-electron chi connectivity index (χ2n) is 8.14. The average Bonchev–Trinajstić information content (AvgIpc) is 2.72. The van der Waals surface area contributed by atoms with Gasteiger partial charge in [0, 0.05) is 26.3 Å². The van der Waals surface area contributed by atoms with Gasteiger partial charge in [0.25, 0.3) is 0 Å². The van der Waals surface area contributed by atoms with Crippen LogP contribution in [-0.4, -0.2) is 56.0 Å². The molecule has 2 amide bonds. The molecule has 1 N–H and O–H groups in total. The van der Waals surface area contributed by atoms with Crippen molar-refractivity contribution in [1.82, 2.24) is 4.90 Å². The van der Waals surface area contributed by atoms with Gasteiger partial charge in [0.2, 0.25) is 0 Å². The fourth-order valence-electron chi connectivity index (χ4n) is 3.57. The van der Waals surface area contributed by atoms with Crippen LogP contribution in [0.2, 0.25) is 0 Å². The summed E-state index contributed by atoms with van der Waals surface area (Å²) in [5.41, 5.74) is 0.710. The van der Waals surface area contributed by atoms with Crippen molar-refractivity contribution < 1.29 is 19.0 Å². The van der Waals surface area contributed by atoms with E-state index in [2.05, 4.69) is 19.2 Å². The van der Waals surface area contributed by atoms with Gasteiger partial charge in [-0.05, 0) is 50.2 Å². The molecule has 0 aromatic heterocycles. The predicted octanol–water partition coefficient (Wildman–Crippen LogP) is 4.30. The Labute approximate surface area is 168 Å². The Kier molecular flexibility index (Phi) is 7.98. The van der Waals surface area contributed by atoms with E-state index in [9.17, 15) is 4.79 Å². The number of rotatable bonds is 7. The molecule has 2 aliphatic heterocycles. The highest BCUT2D eigenvalue weighted by molar-refractivity contribution is 5.91. The van der Waals surface area contributed by atoms with E-state index in [1.165, 1.54) is 6.42 Å². The van der Waals surface area contributed by atoms with Gasteiger partial charge < -0.3 is 24.4 Å². The first-order valence-electron chi connectivity index (χ1n) is 10.6. The van der Waals surface area contributed by atoms with Gasteiger partial charge in [-0.15, -0.1) is 0 Å². The summed E-state index contributed by atoms with van der Waals surface area (Å²) in [6, 6.07) is 7.53. The van der Waals surface area contributed by atoms with Crippen LogP contribution in [0, 0.1) is 5.92 Å². The smallest absolute Gasteiger partial charge is 0.321 e. The third kappa shape index (κ3) is 6.38. The summed E-state index contributed by atoms with van der Waals surface area (Å²) in [5, 5.41) is 3.01. The van der Waals surface area contributed by atoms with Gasteiger partial charge in [-0.25, -0.2) is 4.79 Å². The predicted molar refractivity (Wildman–Crippen MR) is 110 cm³/mol. The summed E-state index contributed by atoms with van der Waals surface area (Å²) in [7, 11) is 0. The third-order valence-electron chi connectivity index (χ3n) is 5.22. The molecule has 0 saturated carbocycles. The number of likely N-dealkylation sites (tertiary alicyclic amines) is 1. The number of amides is 2. The number of ether oxygens (including phenoxy) is 3. The van der Waals surface area contributed by atoms with Crippen molar-refractivity contribution in [1.29, 1.82) is 0 Å². The number of piperidine rings is 1. The van der Waals surface area contributed by atoms with Crippen LogP contribution in [0.4, 0.5) is 10.5 Å². The van der Waals surface area contributed by atoms with E-state index < -0.39 is 0 Å². The number of anilines is 1. The largest absolute Gasteiger partial charge is 0.489 e. The lowest BCUT2D eigenvalue weighted by Crippen LogP contribution is -2.43. The zero-order chi connectivity index (χ0) is 19.8. The monoisotopic (exact) mass is 390 g/mol. The van der Waals surface area contributed by atoms with Gasteiger partial charge >= 0.3 is 6.03 Å². The number of benzene rings is 1. The number of hydrogen-bond acceptors (Lipinski definition) is 4. The number of nitrogens with zero attached hydrogens (tertiary/aromatic N) is 1. The minimum absolute atomic E-state index is 0.0766. The van der Waals surface area contributed by atoms with E-state index in [4.69, 9.17) is 14.2 Å². The van der Waals surface area contributed by atoms with E-state index in [0.29, 0.717) is 37.1 Å². The summed E-state index contributed by atoms with van der Waals surface area (Å²) >= 11 is 0. The number of hydrogen-bond donors (Lipinski definition) is 1.